The second-order valence-electron chi connectivity index (χ2n) is 2.13. The molecule has 1 N–H and O–H groups in total. The smallest absolute Gasteiger partial charge is 0.153 e. The van der Waals surface area contributed by atoms with Crippen LogP contribution in [0.15, 0.2) is 24.3 Å². The van der Waals surface area contributed by atoms with Gasteiger partial charge in [-0.05, 0) is 40.3 Å². The average molecular weight is 262 g/mol. The quantitative estimate of drug-likeness (QED) is 0.648. The Morgan fingerprint density at radius 1 is 1.36 bits per heavy atom. The van der Waals surface area contributed by atoms with E-state index in [1.807, 2.05) is 12.1 Å². The molecule has 1 aromatic rings. The maximum absolute atomic E-state index is 10.1. The highest BCUT2D eigenvalue weighted by Gasteiger charge is 2.03. The van der Waals surface area contributed by atoms with Crippen LogP contribution < -0.4 is 0 Å². The van der Waals surface area contributed by atoms with Gasteiger partial charge in [0.15, 0.2) is 6.29 Å². The van der Waals surface area contributed by atoms with Crippen LogP contribution in [0.4, 0.5) is 0 Å². The number of hydrogen-bond donors (Lipinski definition) is 1. The van der Waals surface area contributed by atoms with Crippen LogP contribution >= 0.6 is 22.6 Å². The van der Waals surface area contributed by atoms with Crippen molar-refractivity contribution in [1.29, 1.82) is 0 Å². The zero-order valence-electron chi connectivity index (χ0n) is 5.70. The largest absolute Gasteiger partial charge is 0.381 e. The molecule has 11 heavy (non-hydrogen) atoms. The summed E-state index contributed by atoms with van der Waals surface area (Å²) in [7, 11) is 0. The highest BCUT2D eigenvalue weighted by molar-refractivity contribution is 14.1. The Hall–Kier alpha value is -0.420. The molecule has 0 aliphatic carbocycles. The van der Waals surface area contributed by atoms with Crippen LogP contribution in [0.3, 0.4) is 0 Å². The van der Waals surface area contributed by atoms with Gasteiger partial charge >= 0.3 is 0 Å². The first-order valence-electron chi connectivity index (χ1n) is 3.13. The lowest BCUT2D eigenvalue weighted by Gasteiger charge is -2.01. The molecule has 3 heteroatoms. The van der Waals surface area contributed by atoms with Gasteiger partial charge in [0, 0.05) is 3.57 Å². The molecule has 0 aliphatic rings. The Morgan fingerprint density at radius 2 is 1.91 bits per heavy atom. The zero-order valence-corrected chi connectivity index (χ0v) is 7.86. The minimum atomic E-state index is -0.980. The molecular weight excluding hydrogens is 255 g/mol. The molecule has 0 heterocycles. The number of rotatable bonds is 2. The van der Waals surface area contributed by atoms with Crippen LogP contribution in [0, 0.1) is 3.57 Å². The number of halogens is 1. The predicted octanol–water partition coefficient (Wildman–Crippen LogP) is 1.52. The Morgan fingerprint density at radius 3 is 2.36 bits per heavy atom. The van der Waals surface area contributed by atoms with E-state index in [0.717, 1.165) is 3.57 Å². The molecule has 0 saturated heterocycles. The fourth-order valence-electron chi connectivity index (χ4n) is 0.739. The number of aldehydes is 1. The van der Waals surface area contributed by atoms with Crippen molar-refractivity contribution in [3.63, 3.8) is 0 Å². The van der Waals surface area contributed by atoms with Crippen molar-refractivity contribution in [2.24, 2.45) is 0 Å². The average Bonchev–Trinajstić information content (AvgIpc) is 2.05. The van der Waals surface area contributed by atoms with Gasteiger partial charge in [0.25, 0.3) is 0 Å². The molecule has 58 valence electrons. The number of benzene rings is 1. The van der Waals surface area contributed by atoms with Crippen molar-refractivity contribution < 1.29 is 9.90 Å². The van der Waals surface area contributed by atoms with E-state index in [0.29, 0.717) is 11.8 Å². The molecule has 0 fully saturated rings. The highest BCUT2D eigenvalue weighted by atomic mass is 127. The molecule has 0 radical (unpaired) electrons. The van der Waals surface area contributed by atoms with Gasteiger partial charge in [-0.1, -0.05) is 12.1 Å². The van der Waals surface area contributed by atoms with E-state index in [4.69, 9.17) is 5.11 Å². The topological polar surface area (TPSA) is 37.3 Å². The van der Waals surface area contributed by atoms with Gasteiger partial charge in [0.05, 0.1) is 0 Å². The molecule has 0 saturated carbocycles. The van der Waals surface area contributed by atoms with Crippen LogP contribution in [0.25, 0.3) is 0 Å². The monoisotopic (exact) mass is 262 g/mol. The highest BCUT2D eigenvalue weighted by Crippen LogP contribution is 2.12. The second-order valence-corrected chi connectivity index (χ2v) is 3.38. The van der Waals surface area contributed by atoms with Crippen LogP contribution in [0.1, 0.15) is 11.7 Å². The lowest BCUT2D eigenvalue weighted by atomic mass is 10.1. The summed E-state index contributed by atoms with van der Waals surface area (Å²) >= 11 is 2.16. The summed E-state index contributed by atoms with van der Waals surface area (Å²) in [6.45, 7) is 0. The minimum absolute atomic E-state index is 0.516. The van der Waals surface area contributed by atoms with Gasteiger partial charge in [-0.25, -0.2) is 0 Å². The molecule has 0 spiro atoms. The van der Waals surface area contributed by atoms with Crippen molar-refractivity contribution in [3.05, 3.63) is 33.4 Å². The van der Waals surface area contributed by atoms with E-state index in [1.165, 1.54) is 0 Å². The van der Waals surface area contributed by atoms with E-state index < -0.39 is 6.10 Å². The van der Waals surface area contributed by atoms with Crippen molar-refractivity contribution >= 4 is 28.9 Å². The zero-order chi connectivity index (χ0) is 8.27. The Bertz CT molecular complexity index is 243. The van der Waals surface area contributed by atoms with Crippen molar-refractivity contribution in [2.45, 2.75) is 6.10 Å². The summed E-state index contributed by atoms with van der Waals surface area (Å²) in [5, 5.41) is 9.05. The normalized spacial score (nSPS) is 12.5. The third-order valence-corrected chi connectivity index (χ3v) is 2.06. The number of aliphatic hydroxyl groups is 1. The molecular formula is C8H7IO2. The van der Waals surface area contributed by atoms with Crippen LogP contribution in [0.2, 0.25) is 0 Å². The fraction of sp³-hybridized carbons (Fsp3) is 0.125. The Balaban J connectivity index is 2.89. The van der Waals surface area contributed by atoms with Gasteiger partial charge in [-0.15, -0.1) is 0 Å². The van der Waals surface area contributed by atoms with E-state index in [-0.39, 0.29) is 0 Å². The number of aliphatic hydroxyl groups excluding tert-OH is 1. The molecule has 1 atom stereocenters. The van der Waals surface area contributed by atoms with Crippen LogP contribution in [-0.2, 0) is 4.79 Å². The van der Waals surface area contributed by atoms with Crippen LogP contribution in [0.5, 0.6) is 0 Å². The first kappa shape index (κ1) is 8.67. The summed E-state index contributed by atoms with van der Waals surface area (Å²) in [6, 6.07) is 7.17. The number of carbonyl (C=O) groups excluding carboxylic acids is 1. The second kappa shape index (κ2) is 3.82. The molecule has 0 amide bonds. The summed E-state index contributed by atoms with van der Waals surface area (Å²) < 4.78 is 1.09. The molecule has 0 aromatic heterocycles. The third kappa shape index (κ3) is 2.27. The van der Waals surface area contributed by atoms with Crippen molar-refractivity contribution in [1.82, 2.24) is 0 Å². The van der Waals surface area contributed by atoms with Gasteiger partial charge in [0.1, 0.15) is 6.10 Å². The summed E-state index contributed by atoms with van der Waals surface area (Å²) in [5.41, 5.74) is 0.639. The molecule has 1 aromatic carbocycles. The Labute approximate surface area is 78.4 Å². The third-order valence-electron chi connectivity index (χ3n) is 1.34. The summed E-state index contributed by atoms with van der Waals surface area (Å²) in [5.74, 6) is 0. The number of carbonyl (C=O) groups is 1. The molecule has 1 unspecified atom stereocenters. The molecule has 1 rings (SSSR count). The van der Waals surface area contributed by atoms with Gasteiger partial charge < -0.3 is 9.90 Å². The number of hydrogen-bond acceptors (Lipinski definition) is 2. The lowest BCUT2D eigenvalue weighted by molar-refractivity contribution is -0.115. The molecule has 0 aliphatic heterocycles. The van der Waals surface area contributed by atoms with Gasteiger partial charge in [-0.3, -0.25) is 0 Å². The summed E-state index contributed by atoms with van der Waals surface area (Å²) in [4.78, 5) is 10.1. The molecule has 2 nitrogen and oxygen atoms in total. The molecule has 0 bridgehead atoms. The maximum atomic E-state index is 10.1. The van der Waals surface area contributed by atoms with E-state index >= 15 is 0 Å². The SMILES string of the molecule is O=CC(O)c1ccc(I)cc1. The van der Waals surface area contributed by atoms with E-state index in [1.54, 1.807) is 12.1 Å². The first-order valence-corrected chi connectivity index (χ1v) is 4.21. The van der Waals surface area contributed by atoms with E-state index in [2.05, 4.69) is 22.6 Å². The lowest BCUT2D eigenvalue weighted by Crippen LogP contribution is -1.97. The first-order chi connectivity index (χ1) is 5.24. The Kier molecular flexibility index (Phi) is 3.02. The predicted molar refractivity (Wildman–Crippen MR) is 50.2 cm³/mol. The maximum Gasteiger partial charge on any atom is 0.153 e. The van der Waals surface area contributed by atoms with Crippen LogP contribution in [-0.4, -0.2) is 11.4 Å². The summed E-state index contributed by atoms with van der Waals surface area (Å²) in [6.07, 6.45) is -0.464. The van der Waals surface area contributed by atoms with Crippen molar-refractivity contribution in [2.75, 3.05) is 0 Å². The van der Waals surface area contributed by atoms with E-state index in [9.17, 15) is 4.79 Å². The fourth-order valence-corrected chi connectivity index (χ4v) is 1.10. The standard InChI is InChI=1S/C8H7IO2/c9-7-3-1-6(2-4-7)8(11)5-10/h1-5,8,11H. The minimum Gasteiger partial charge on any atom is -0.381 e. The van der Waals surface area contributed by atoms with Crippen molar-refractivity contribution in [3.8, 4) is 0 Å². The van der Waals surface area contributed by atoms with Gasteiger partial charge in [-0.2, -0.15) is 0 Å². The van der Waals surface area contributed by atoms with Gasteiger partial charge in [0.2, 0.25) is 0 Å².